The van der Waals surface area contributed by atoms with Crippen LogP contribution in [0.1, 0.15) is 18.6 Å². The van der Waals surface area contributed by atoms with E-state index in [1.54, 1.807) is 6.20 Å². The quantitative estimate of drug-likeness (QED) is 0.695. The predicted octanol–water partition coefficient (Wildman–Crippen LogP) is 4.18. The van der Waals surface area contributed by atoms with E-state index in [0.29, 0.717) is 11.2 Å². The highest BCUT2D eigenvalue weighted by Gasteiger charge is 2.10. The van der Waals surface area contributed by atoms with Crippen LogP contribution in [0.25, 0.3) is 11.1 Å². The fourth-order valence-electron chi connectivity index (χ4n) is 2.67. The van der Waals surface area contributed by atoms with Gasteiger partial charge in [-0.25, -0.2) is 0 Å². The Kier molecular flexibility index (Phi) is 5.64. The van der Waals surface area contributed by atoms with Crippen LogP contribution in [0.3, 0.4) is 0 Å². The Morgan fingerprint density at radius 1 is 0.962 bits per heavy atom. The third kappa shape index (κ3) is 4.28. The molecule has 0 aliphatic rings. The van der Waals surface area contributed by atoms with Gasteiger partial charge in [0.25, 0.3) is 5.91 Å². The van der Waals surface area contributed by atoms with Crippen molar-refractivity contribution < 1.29 is 9.53 Å². The molecular weight excluding hydrogens is 324 g/mol. The Hall–Kier alpha value is -3.14. The second-order valence-corrected chi connectivity index (χ2v) is 6.20. The number of benzene rings is 2. The monoisotopic (exact) mass is 346 g/mol. The maximum Gasteiger partial charge on any atom is 0.270 e. The average molecular weight is 346 g/mol. The standard InChI is InChI=1S/C22H22N2O2/c1-17(2)23-21-14-8-9-15-24(21)22(25)16-26-20-13-7-6-12-19(20)18-10-4-3-5-11-18/h3-15,17H,16H2,1-2H3. The first-order chi connectivity index (χ1) is 12.6. The summed E-state index contributed by atoms with van der Waals surface area (Å²) >= 11 is 0. The molecule has 0 amide bonds. The van der Waals surface area contributed by atoms with Crippen LogP contribution in [-0.4, -0.2) is 23.1 Å². The third-order valence-corrected chi connectivity index (χ3v) is 3.82. The van der Waals surface area contributed by atoms with Crippen LogP contribution >= 0.6 is 0 Å². The zero-order valence-corrected chi connectivity index (χ0v) is 15.0. The molecule has 0 aliphatic heterocycles. The molecule has 2 aromatic carbocycles. The van der Waals surface area contributed by atoms with Crippen molar-refractivity contribution in [2.24, 2.45) is 4.99 Å². The second-order valence-electron chi connectivity index (χ2n) is 6.20. The predicted molar refractivity (Wildman–Crippen MR) is 103 cm³/mol. The average Bonchev–Trinajstić information content (AvgIpc) is 2.67. The van der Waals surface area contributed by atoms with Crippen molar-refractivity contribution >= 4 is 5.91 Å². The summed E-state index contributed by atoms with van der Waals surface area (Å²) in [6.45, 7) is 3.90. The zero-order chi connectivity index (χ0) is 18.4. The molecular formula is C22H22N2O2. The van der Waals surface area contributed by atoms with Gasteiger partial charge in [0.1, 0.15) is 11.2 Å². The lowest BCUT2D eigenvalue weighted by Crippen LogP contribution is -2.31. The molecule has 4 heteroatoms. The van der Waals surface area contributed by atoms with E-state index in [2.05, 4.69) is 4.99 Å². The molecule has 3 aromatic rings. The molecule has 4 nitrogen and oxygen atoms in total. The molecule has 0 N–H and O–H groups in total. The molecule has 0 radical (unpaired) electrons. The number of ether oxygens (including phenoxy) is 1. The molecule has 0 fully saturated rings. The van der Waals surface area contributed by atoms with Crippen LogP contribution < -0.4 is 10.2 Å². The van der Waals surface area contributed by atoms with E-state index in [0.717, 1.165) is 11.1 Å². The summed E-state index contributed by atoms with van der Waals surface area (Å²) in [7, 11) is 0. The molecule has 26 heavy (non-hydrogen) atoms. The molecule has 1 heterocycles. The number of nitrogens with zero attached hydrogens (tertiary/aromatic N) is 2. The van der Waals surface area contributed by atoms with Crippen LogP contribution in [-0.2, 0) is 0 Å². The summed E-state index contributed by atoms with van der Waals surface area (Å²) in [6.07, 6.45) is 1.72. The molecule has 132 valence electrons. The van der Waals surface area contributed by atoms with Gasteiger partial charge in [0.05, 0.1) is 0 Å². The molecule has 0 bridgehead atoms. The minimum absolute atomic E-state index is 0.0564. The smallest absolute Gasteiger partial charge is 0.270 e. The van der Waals surface area contributed by atoms with Gasteiger partial charge in [-0.05, 0) is 37.6 Å². The van der Waals surface area contributed by atoms with Gasteiger partial charge in [-0.1, -0.05) is 54.6 Å². The fourth-order valence-corrected chi connectivity index (χ4v) is 2.67. The maximum atomic E-state index is 12.6. The van der Waals surface area contributed by atoms with Crippen molar-refractivity contribution in [3.63, 3.8) is 0 Å². The van der Waals surface area contributed by atoms with E-state index in [4.69, 9.17) is 4.74 Å². The van der Waals surface area contributed by atoms with E-state index in [1.807, 2.05) is 86.6 Å². The van der Waals surface area contributed by atoms with Crippen LogP contribution in [0.15, 0.2) is 84.0 Å². The van der Waals surface area contributed by atoms with E-state index in [9.17, 15) is 4.79 Å². The summed E-state index contributed by atoms with van der Waals surface area (Å²) in [5.74, 6) is 0.527. The lowest BCUT2D eigenvalue weighted by Gasteiger charge is -2.12. The third-order valence-electron chi connectivity index (χ3n) is 3.82. The summed E-state index contributed by atoms with van der Waals surface area (Å²) in [5.41, 5.74) is 2.65. The van der Waals surface area contributed by atoms with Crippen LogP contribution in [0.2, 0.25) is 0 Å². The van der Waals surface area contributed by atoms with Crippen LogP contribution in [0.5, 0.6) is 5.75 Å². The molecule has 3 rings (SSSR count). The van der Waals surface area contributed by atoms with Crippen molar-refractivity contribution in [1.82, 2.24) is 4.57 Å². The molecule has 0 saturated carbocycles. The van der Waals surface area contributed by atoms with Crippen molar-refractivity contribution in [2.45, 2.75) is 19.9 Å². The first kappa shape index (κ1) is 17.7. The largest absolute Gasteiger partial charge is 0.483 e. The number of hydrogen-bond acceptors (Lipinski definition) is 3. The number of rotatable bonds is 5. The van der Waals surface area contributed by atoms with Crippen LogP contribution in [0, 0.1) is 0 Å². The molecule has 0 aliphatic carbocycles. The normalized spacial score (nSPS) is 11.6. The van der Waals surface area contributed by atoms with Crippen LogP contribution in [0.4, 0.5) is 0 Å². The Labute approximate surface area is 153 Å². The van der Waals surface area contributed by atoms with E-state index in [-0.39, 0.29) is 18.6 Å². The van der Waals surface area contributed by atoms with Crippen molar-refractivity contribution in [3.05, 3.63) is 84.5 Å². The van der Waals surface area contributed by atoms with Crippen molar-refractivity contribution in [2.75, 3.05) is 6.61 Å². The molecule has 1 aromatic heterocycles. The topological polar surface area (TPSA) is 43.6 Å². The van der Waals surface area contributed by atoms with Gasteiger partial charge in [0, 0.05) is 17.8 Å². The Balaban J connectivity index is 1.82. The lowest BCUT2D eigenvalue weighted by atomic mass is 10.1. The van der Waals surface area contributed by atoms with Gasteiger partial charge in [-0.3, -0.25) is 14.4 Å². The second kappa shape index (κ2) is 8.30. The highest BCUT2D eigenvalue weighted by atomic mass is 16.5. The summed E-state index contributed by atoms with van der Waals surface area (Å²) < 4.78 is 7.39. The Bertz CT molecular complexity index is 943. The van der Waals surface area contributed by atoms with Gasteiger partial charge < -0.3 is 4.74 Å². The molecule has 0 saturated heterocycles. The number of carbonyl (C=O) groups excluding carboxylic acids is 1. The van der Waals surface area contributed by atoms with Crippen molar-refractivity contribution in [1.29, 1.82) is 0 Å². The molecule has 0 atom stereocenters. The Morgan fingerprint density at radius 2 is 1.65 bits per heavy atom. The molecule has 0 unspecified atom stereocenters. The lowest BCUT2D eigenvalue weighted by molar-refractivity contribution is 0.0832. The van der Waals surface area contributed by atoms with Gasteiger partial charge in [0.15, 0.2) is 6.61 Å². The van der Waals surface area contributed by atoms with Gasteiger partial charge in [-0.15, -0.1) is 0 Å². The number of para-hydroxylation sites is 1. The van der Waals surface area contributed by atoms with Gasteiger partial charge in [0.2, 0.25) is 0 Å². The fraction of sp³-hybridized carbons (Fsp3) is 0.182. The minimum atomic E-state index is -0.159. The maximum absolute atomic E-state index is 12.6. The number of hydrogen-bond donors (Lipinski definition) is 0. The SMILES string of the molecule is CC(C)N=c1ccccn1C(=O)COc1ccccc1-c1ccccc1. The minimum Gasteiger partial charge on any atom is -0.483 e. The summed E-state index contributed by atoms with van der Waals surface area (Å²) in [4.78, 5) is 17.1. The highest BCUT2D eigenvalue weighted by Crippen LogP contribution is 2.29. The van der Waals surface area contributed by atoms with Crippen molar-refractivity contribution in [3.8, 4) is 16.9 Å². The molecule has 0 spiro atoms. The summed E-state index contributed by atoms with van der Waals surface area (Å²) in [6, 6.07) is 23.3. The van der Waals surface area contributed by atoms with E-state index < -0.39 is 0 Å². The first-order valence-corrected chi connectivity index (χ1v) is 8.67. The highest BCUT2D eigenvalue weighted by molar-refractivity contribution is 5.80. The van der Waals surface area contributed by atoms with Gasteiger partial charge in [-0.2, -0.15) is 0 Å². The summed E-state index contributed by atoms with van der Waals surface area (Å²) in [5, 5.41) is 0. The number of pyridine rings is 1. The number of aromatic nitrogens is 1. The zero-order valence-electron chi connectivity index (χ0n) is 15.0. The van der Waals surface area contributed by atoms with E-state index in [1.165, 1.54) is 4.57 Å². The van der Waals surface area contributed by atoms with E-state index >= 15 is 0 Å². The Morgan fingerprint density at radius 3 is 2.42 bits per heavy atom. The first-order valence-electron chi connectivity index (χ1n) is 8.67. The van der Waals surface area contributed by atoms with Gasteiger partial charge >= 0.3 is 0 Å². The number of carbonyl (C=O) groups is 1.